The molecule has 0 aliphatic heterocycles. The molecule has 0 spiro atoms. The van der Waals surface area contributed by atoms with Crippen molar-refractivity contribution in [3.8, 4) is 0 Å². The number of hydrogen-bond donors (Lipinski definition) is 0. The van der Waals surface area contributed by atoms with E-state index in [1.165, 1.54) is 12.8 Å². The molecule has 2 rings (SSSR count). The molecular weight excluding hydrogens is 314 g/mol. The second-order valence-corrected chi connectivity index (χ2v) is 7.98. The van der Waals surface area contributed by atoms with Crippen molar-refractivity contribution in [1.82, 2.24) is 4.98 Å². The highest BCUT2D eigenvalue weighted by Gasteiger charge is 2.32. The molecule has 0 radical (unpaired) electrons. The Morgan fingerprint density at radius 1 is 1.25 bits per heavy atom. The zero-order chi connectivity index (χ0) is 14.8. The van der Waals surface area contributed by atoms with E-state index in [4.69, 9.17) is 0 Å². The van der Waals surface area contributed by atoms with Gasteiger partial charge in [0.05, 0.1) is 0 Å². The van der Waals surface area contributed by atoms with Gasteiger partial charge in [-0.2, -0.15) is 0 Å². The molecule has 20 heavy (non-hydrogen) atoms. The zero-order valence-electron chi connectivity index (χ0n) is 12.7. The van der Waals surface area contributed by atoms with Gasteiger partial charge in [0.25, 0.3) is 0 Å². The number of aromatic nitrogens is 1. The zero-order valence-corrected chi connectivity index (χ0v) is 14.2. The quantitative estimate of drug-likeness (QED) is 0.792. The Morgan fingerprint density at radius 3 is 2.45 bits per heavy atom. The summed E-state index contributed by atoms with van der Waals surface area (Å²) in [5, 5.41) is 0. The lowest BCUT2D eigenvalue weighted by Gasteiger charge is -2.36. The van der Waals surface area contributed by atoms with Crippen LogP contribution in [0.2, 0.25) is 0 Å². The van der Waals surface area contributed by atoms with Gasteiger partial charge >= 0.3 is 0 Å². The SMILES string of the molecule is CC(C)(C)C1CCC(C(=O)Cc2cncc(Br)c2)CC1. The van der Waals surface area contributed by atoms with Gasteiger partial charge < -0.3 is 0 Å². The molecule has 1 aliphatic rings. The smallest absolute Gasteiger partial charge is 0.140 e. The van der Waals surface area contributed by atoms with Crippen LogP contribution in [0.1, 0.15) is 52.0 Å². The second-order valence-electron chi connectivity index (χ2n) is 7.07. The lowest BCUT2D eigenvalue weighted by Crippen LogP contribution is -2.29. The van der Waals surface area contributed by atoms with Gasteiger partial charge in [0.2, 0.25) is 0 Å². The molecule has 1 heterocycles. The summed E-state index contributed by atoms with van der Waals surface area (Å²) in [5.41, 5.74) is 1.39. The van der Waals surface area contributed by atoms with Crippen molar-refractivity contribution in [1.29, 1.82) is 0 Å². The Kier molecular flexibility index (Phi) is 5.00. The molecule has 110 valence electrons. The van der Waals surface area contributed by atoms with Crippen molar-refractivity contribution >= 4 is 21.7 Å². The number of pyridine rings is 1. The Balaban J connectivity index is 1.89. The average Bonchev–Trinajstić information content (AvgIpc) is 2.38. The molecule has 2 nitrogen and oxygen atoms in total. The van der Waals surface area contributed by atoms with Gasteiger partial charge in [-0.15, -0.1) is 0 Å². The van der Waals surface area contributed by atoms with E-state index >= 15 is 0 Å². The third-order valence-electron chi connectivity index (χ3n) is 4.55. The molecule has 0 amide bonds. The van der Waals surface area contributed by atoms with Crippen LogP contribution in [0, 0.1) is 17.3 Å². The number of Topliss-reactive ketones (excluding diaryl/α,β-unsaturated/α-hetero) is 1. The molecule has 1 fully saturated rings. The summed E-state index contributed by atoms with van der Waals surface area (Å²) in [4.78, 5) is 16.5. The lowest BCUT2D eigenvalue weighted by atomic mass is 9.69. The van der Waals surface area contributed by atoms with E-state index < -0.39 is 0 Å². The molecule has 0 bridgehead atoms. The number of carbonyl (C=O) groups is 1. The first-order chi connectivity index (χ1) is 9.36. The standard InChI is InChI=1S/C17H24BrNO/c1-17(2,3)14-6-4-13(5-7-14)16(20)9-12-8-15(18)11-19-10-12/h8,10-11,13-14H,4-7,9H2,1-3H3. The van der Waals surface area contributed by atoms with Crippen LogP contribution in [0.25, 0.3) is 0 Å². The summed E-state index contributed by atoms with van der Waals surface area (Å²) in [6.07, 6.45) is 8.57. The minimum absolute atomic E-state index is 0.257. The van der Waals surface area contributed by atoms with Gasteiger partial charge in [0.15, 0.2) is 0 Å². The Morgan fingerprint density at radius 2 is 1.90 bits per heavy atom. The van der Waals surface area contributed by atoms with E-state index in [1.807, 2.05) is 6.07 Å². The van der Waals surface area contributed by atoms with Gasteiger partial charge in [-0.25, -0.2) is 0 Å². The first-order valence-electron chi connectivity index (χ1n) is 7.48. The molecule has 0 N–H and O–H groups in total. The van der Waals surface area contributed by atoms with E-state index in [0.717, 1.165) is 28.8 Å². The Bertz CT molecular complexity index is 470. The molecule has 3 heteroatoms. The van der Waals surface area contributed by atoms with Crippen molar-refractivity contribution in [2.24, 2.45) is 17.3 Å². The first-order valence-corrected chi connectivity index (χ1v) is 8.27. The van der Waals surface area contributed by atoms with Crippen LogP contribution in [-0.2, 0) is 11.2 Å². The molecule has 0 saturated heterocycles. The molecule has 0 unspecified atom stereocenters. The molecule has 0 atom stereocenters. The van der Waals surface area contributed by atoms with Crippen molar-refractivity contribution in [3.05, 3.63) is 28.5 Å². The Labute approximate surface area is 130 Å². The van der Waals surface area contributed by atoms with Crippen LogP contribution >= 0.6 is 15.9 Å². The van der Waals surface area contributed by atoms with Gasteiger partial charge in [0, 0.05) is 29.2 Å². The summed E-state index contributed by atoms with van der Waals surface area (Å²) in [6, 6.07) is 1.99. The summed E-state index contributed by atoms with van der Waals surface area (Å²) < 4.78 is 0.944. The molecular formula is C17H24BrNO. The topological polar surface area (TPSA) is 30.0 Å². The third-order valence-corrected chi connectivity index (χ3v) is 4.98. The predicted molar refractivity (Wildman–Crippen MR) is 85.6 cm³/mol. The summed E-state index contributed by atoms with van der Waals surface area (Å²) in [7, 11) is 0. The molecule has 1 aromatic rings. The van der Waals surface area contributed by atoms with Crippen LogP contribution in [-0.4, -0.2) is 10.8 Å². The lowest BCUT2D eigenvalue weighted by molar-refractivity contribution is -0.123. The van der Waals surface area contributed by atoms with Crippen LogP contribution < -0.4 is 0 Å². The number of hydrogen-bond acceptors (Lipinski definition) is 2. The maximum absolute atomic E-state index is 12.4. The first kappa shape index (κ1) is 15.7. The van der Waals surface area contributed by atoms with Gasteiger partial charge in [0.1, 0.15) is 5.78 Å². The second kappa shape index (κ2) is 6.38. The third kappa shape index (κ3) is 4.15. The Hall–Kier alpha value is -0.700. The van der Waals surface area contributed by atoms with Crippen molar-refractivity contribution in [3.63, 3.8) is 0 Å². The largest absolute Gasteiger partial charge is 0.299 e. The van der Waals surface area contributed by atoms with Gasteiger partial charge in [-0.05, 0) is 64.6 Å². The van der Waals surface area contributed by atoms with E-state index in [1.54, 1.807) is 12.4 Å². The van der Waals surface area contributed by atoms with Crippen molar-refractivity contribution < 1.29 is 4.79 Å². The summed E-state index contributed by atoms with van der Waals surface area (Å²) >= 11 is 3.40. The minimum Gasteiger partial charge on any atom is -0.299 e. The maximum Gasteiger partial charge on any atom is 0.140 e. The van der Waals surface area contributed by atoms with Crippen LogP contribution in [0.3, 0.4) is 0 Å². The van der Waals surface area contributed by atoms with Crippen molar-refractivity contribution in [2.45, 2.75) is 52.9 Å². The maximum atomic E-state index is 12.4. The number of halogens is 1. The number of carbonyl (C=O) groups excluding carboxylic acids is 1. The summed E-state index contributed by atoms with van der Waals surface area (Å²) in [5.74, 6) is 1.41. The van der Waals surface area contributed by atoms with Gasteiger partial charge in [-0.1, -0.05) is 20.8 Å². The molecule has 1 saturated carbocycles. The normalized spacial score (nSPS) is 23.6. The summed E-state index contributed by atoms with van der Waals surface area (Å²) in [6.45, 7) is 6.94. The monoisotopic (exact) mass is 337 g/mol. The van der Waals surface area contributed by atoms with E-state index in [2.05, 4.69) is 41.7 Å². The van der Waals surface area contributed by atoms with Crippen molar-refractivity contribution in [2.75, 3.05) is 0 Å². The fourth-order valence-corrected chi connectivity index (χ4v) is 3.59. The fraction of sp³-hybridized carbons (Fsp3) is 0.647. The predicted octanol–water partition coefficient (Wildman–Crippen LogP) is 4.81. The van der Waals surface area contributed by atoms with Crippen LogP contribution in [0.5, 0.6) is 0 Å². The van der Waals surface area contributed by atoms with E-state index in [0.29, 0.717) is 17.6 Å². The van der Waals surface area contributed by atoms with E-state index in [9.17, 15) is 4.79 Å². The fourth-order valence-electron chi connectivity index (χ4n) is 3.18. The number of nitrogens with zero attached hydrogens (tertiary/aromatic N) is 1. The number of rotatable bonds is 3. The minimum atomic E-state index is 0.257. The average molecular weight is 338 g/mol. The molecule has 1 aliphatic carbocycles. The van der Waals surface area contributed by atoms with Crippen LogP contribution in [0.15, 0.2) is 22.9 Å². The number of ketones is 1. The van der Waals surface area contributed by atoms with Crippen LogP contribution in [0.4, 0.5) is 0 Å². The van der Waals surface area contributed by atoms with Gasteiger partial charge in [-0.3, -0.25) is 9.78 Å². The highest BCUT2D eigenvalue weighted by molar-refractivity contribution is 9.10. The molecule has 0 aromatic carbocycles. The molecule has 1 aromatic heterocycles. The van der Waals surface area contributed by atoms with E-state index in [-0.39, 0.29) is 5.92 Å². The highest BCUT2D eigenvalue weighted by atomic mass is 79.9. The highest BCUT2D eigenvalue weighted by Crippen LogP contribution is 2.40.